The van der Waals surface area contributed by atoms with Gasteiger partial charge in [0, 0.05) is 19.2 Å². The molecule has 0 aliphatic heterocycles. The van der Waals surface area contributed by atoms with Crippen LogP contribution in [0.2, 0.25) is 0 Å². The third-order valence-electron chi connectivity index (χ3n) is 2.20. The lowest BCUT2D eigenvalue weighted by atomic mass is 10.0. The number of nitrogens with zero attached hydrogens (tertiary/aromatic N) is 2. The van der Waals surface area contributed by atoms with Gasteiger partial charge in [0.25, 0.3) is 0 Å². The summed E-state index contributed by atoms with van der Waals surface area (Å²) < 4.78 is 37.9. The van der Waals surface area contributed by atoms with Gasteiger partial charge in [0.1, 0.15) is 5.82 Å². The van der Waals surface area contributed by atoms with Crippen molar-refractivity contribution in [3.63, 3.8) is 0 Å². The number of aromatic nitrogens is 2. The number of hydrogen-bond donors (Lipinski definition) is 1. The van der Waals surface area contributed by atoms with Crippen molar-refractivity contribution in [3.05, 3.63) is 12.3 Å². The molecule has 1 heterocycles. The highest BCUT2D eigenvalue weighted by molar-refractivity contribution is 5.23. The van der Waals surface area contributed by atoms with Crippen LogP contribution in [-0.2, 0) is 6.54 Å². The molecule has 1 aromatic rings. The minimum absolute atomic E-state index is 0.257. The summed E-state index contributed by atoms with van der Waals surface area (Å²) >= 11 is 0. The van der Waals surface area contributed by atoms with Crippen molar-refractivity contribution < 1.29 is 13.2 Å². The largest absolute Gasteiger partial charge is 0.389 e. The third kappa shape index (κ3) is 4.22. The van der Waals surface area contributed by atoms with Gasteiger partial charge in [0.2, 0.25) is 0 Å². The summed E-state index contributed by atoms with van der Waals surface area (Å²) in [6, 6.07) is 1.57. The van der Waals surface area contributed by atoms with E-state index in [4.69, 9.17) is 5.73 Å². The molecule has 0 aromatic carbocycles. The van der Waals surface area contributed by atoms with Gasteiger partial charge in [-0.25, -0.2) is 0 Å². The Hall–Kier alpha value is -1.20. The van der Waals surface area contributed by atoms with E-state index in [1.54, 1.807) is 19.2 Å². The average molecular weight is 221 g/mol. The van der Waals surface area contributed by atoms with E-state index in [9.17, 15) is 13.2 Å². The zero-order chi connectivity index (χ0) is 11.5. The van der Waals surface area contributed by atoms with Crippen LogP contribution in [0.3, 0.4) is 0 Å². The number of hydrogen-bond acceptors (Lipinski definition) is 2. The normalized spacial score (nSPS) is 14.1. The van der Waals surface area contributed by atoms with Crippen LogP contribution in [0, 0.1) is 5.92 Å². The minimum atomic E-state index is -4.11. The Morgan fingerprint density at radius 3 is 2.60 bits per heavy atom. The molecule has 0 aliphatic rings. The third-order valence-corrected chi connectivity index (χ3v) is 2.20. The quantitative estimate of drug-likeness (QED) is 0.848. The molecule has 0 radical (unpaired) electrons. The highest BCUT2D eigenvalue weighted by Gasteiger charge is 2.31. The second-order valence-electron chi connectivity index (χ2n) is 3.56. The van der Waals surface area contributed by atoms with Crippen LogP contribution in [0.15, 0.2) is 12.3 Å². The van der Waals surface area contributed by atoms with Crippen LogP contribution in [0.25, 0.3) is 0 Å². The van der Waals surface area contributed by atoms with E-state index in [2.05, 4.69) is 5.10 Å². The Bertz CT molecular complexity index is 306. The Morgan fingerprint density at radius 2 is 2.20 bits per heavy atom. The van der Waals surface area contributed by atoms with E-state index in [0.717, 1.165) is 0 Å². The topological polar surface area (TPSA) is 43.8 Å². The molecule has 0 amide bonds. The molecule has 0 saturated carbocycles. The summed E-state index contributed by atoms with van der Waals surface area (Å²) in [7, 11) is 0. The number of anilines is 1. The molecular weight excluding hydrogens is 207 g/mol. The van der Waals surface area contributed by atoms with Gasteiger partial charge in [-0.2, -0.15) is 18.3 Å². The van der Waals surface area contributed by atoms with Gasteiger partial charge in [0.15, 0.2) is 0 Å². The summed E-state index contributed by atoms with van der Waals surface area (Å²) in [4.78, 5) is 0. The average Bonchev–Trinajstić information content (AvgIpc) is 2.47. The van der Waals surface area contributed by atoms with Crippen LogP contribution < -0.4 is 5.73 Å². The molecule has 0 saturated heterocycles. The van der Waals surface area contributed by atoms with Crippen LogP contribution in [0.1, 0.15) is 19.8 Å². The molecule has 0 bridgehead atoms. The minimum Gasteiger partial charge on any atom is -0.382 e. The standard InChI is InChI=1S/C9H14F3N3/c1-2-7(5-9(10,11)12)6-15-4-3-8(13)14-15/h3-4,7H,2,5-6H2,1H3,(H2,13,14). The highest BCUT2D eigenvalue weighted by Crippen LogP contribution is 2.27. The molecule has 1 atom stereocenters. The molecule has 2 N–H and O–H groups in total. The molecule has 0 spiro atoms. The van der Waals surface area contributed by atoms with Gasteiger partial charge >= 0.3 is 6.18 Å². The molecule has 1 aromatic heterocycles. The van der Waals surface area contributed by atoms with E-state index in [-0.39, 0.29) is 6.54 Å². The maximum absolute atomic E-state index is 12.1. The smallest absolute Gasteiger partial charge is 0.382 e. The Kier molecular flexibility index (Phi) is 3.60. The molecule has 6 heteroatoms. The van der Waals surface area contributed by atoms with E-state index in [0.29, 0.717) is 12.2 Å². The Labute approximate surface area is 86.1 Å². The van der Waals surface area contributed by atoms with Crippen LogP contribution in [-0.4, -0.2) is 16.0 Å². The highest BCUT2D eigenvalue weighted by atomic mass is 19.4. The van der Waals surface area contributed by atoms with Crippen molar-refractivity contribution in [1.29, 1.82) is 0 Å². The van der Waals surface area contributed by atoms with Gasteiger partial charge in [-0.3, -0.25) is 4.68 Å². The number of alkyl halides is 3. The summed E-state index contributed by atoms with van der Waals surface area (Å²) in [5.74, 6) is -0.110. The van der Waals surface area contributed by atoms with E-state index in [1.807, 2.05) is 0 Å². The Morgan fingerprint density at radius 1 is 1.53 bits per heavy atom. The summed E-state index contributed by atoms with van der Waals surface area (Å²) in [5.41, 5.74) is 5.37. The first-order valence-electron chi connectivity index (χ1n) is 4.76. The fourth-order valence-electron chi connectivity index (χ4n) is 1.41. The molecule has 1 unspecified atom stereocenters. The molecule has 3 nitrogen and oxygen atoms in total. The molecule has 86 valence electrons. The predicted molar refractivity (Wildman–Crippen MR) is 51.1 cm³/mol. The van der Waals surface area contributed by atoms with E-state index >= 15 is 0 Å². The van der Waals surface area contributed by atoms with Crippen molar-refractivity contribution in [2.24, 2.45) is 5.92 Å². The van der Waals surface area contributed by atoms with Crippen LogP contribution in [0.4, 0.5) is 19.0 Å². The SMILES string of the molecule is CCC(Cn1ccc(N)n1)CC(F)(F)F. The Balaban J connectivity index is 2.54. The summed E-state index contributed by atoms with van der Waals surface area (Å²) in [6.45, 7) is 2.00. The van der Waals surface area contributed by atoms with E-state index in [1.165, 1.54) is 4.68 Å². The second kappa shape index (κ2) is 4.55. The van der Waals surface area contributed by atoms with Gasteiger partial charge in [-0.05, 0) is 12.0 Å². The van der Waals surface area contributed by atoms with E-state index < -0.39 is 18.5 Å². The van der Waals surface area contributed by atoms with Crippen LogP contribution in [0.5, 0.6) is 0 Å². The fraction of sp³-hybridized carbons (Fsp3) is 0.667. The number of rotatable bonds is 4. The first-order valence-corrected chi connectivity index (χ1v) is 4.76. The van der Waals surface area contributed by atoms with Gasteiger partial charge < -0.3 is 5.73 Å². The maximum atomic E-state index is 12.1. The van der Waals surface area contributed by atoms with Crippen molar-refractivity contribution in [2.75, 3.05) is 5.73 Å². The van der Waals surface area contributed by atoms with Gasteiger partial charge in [-0.1, -0.05) is 13.3 Å². The van der Waals surface area contributed by atoms with Gasteiger partial charge in [-0.15, -0.1) is 0 Å². The summed E-state index contributed by atoms with van der Waals surface area (Å²) in [5, 5.41) is 3.86. The first kappa shape index (κ1) is 11.9. The van der Waals surface area contributed by atoms with Crippen molar-refractivity contribution in [1.82, 2.24) is 9.78 Å². The lowest BCUT2D eigenvalue weighted by Gasteiger charge is -2.16. The number of halogens is 3. The number of nitrogen functional groups attached to an aromatic ring is 1. The van der Waals surface area contributed by atoms with Gasteiger partial charge in [0.05, 0.1) is 0 Å². The zero-order valence-electron chi connectivity index (χ0n) is 8.46. The fourth-order valence-corrected chi connectivity index (χ4v) is 1.41. The monoisotopic (exact) mass is 221 g/mol. The van der Waals surface area contributed by atoms with Crippen molar-refractivity contribution >= 4 is 5.82 Å². The maximum Gasteiger partial charge on any atom is 0.389 e. The predicted octanol–water partition coefficient (Wildman–Crippen LogP) is 2.44. The zero-order valence-corrected chi connectivity index (χ0v) is 8.46. The van der Waals surface area contributed by atoms with Crippen LogP contribution >= 0.6 is 0 Å². The second-order valence-corrected chi connectivity index (χ2v) is 3.56. The summed E-state index contributed by atoms with van der Waals surface area (Å²) in [6.07, 6.45) is -2.82. The lowest BCUT2D eigenvalue weighted by Crippen LogP contribution is -2.19. The lowest BCUT2D eigenvalue weighted by molar-refractivity contribution is -0.145. The van der Waals surface area contributed by atoms with Crippen molar-refractivity contribution in [2.45, 2.75) is 32.5 Å². The molecule has 1 rings (SSSR count). The number of nitrogens with two attached hydrogens (primary N) is 1. The molecule has 0 fully saturated rings. The molecular formula is C9H14F3N3. The first-order chi connectivity index (χ1) is 6.90. The molecule has 0 aliphatic carbocycles. The van der Waals surface area contributed by atoms with Crippen molar-refractivity contribution in [3.8, 4) is 0 Å². The molecule has 15 heavy (non-hydrogen) atoms.